The maximum atomic E-state index is 12.1. The third kappa shape index (κ3) is 4.67. The molecule has 3 rings (SSSR count). The molecule has 0 saturated heterocycles. The molecule has 1 aromatic heterocycles. The van der Waals surface area contributed by atoms with Crippen LogP contribution in [0.2, 0.25) is 10.0 Å². The average Bonchev–Trinajstić information content (AvgIpc) is 2.59. The molecular formula is C19H13Cl2NO5. The van der Waals surface area contributed by atoms with Crippen LogP contribution in [0, 0.1) is 6.92 Å². The number of hydrogen-bond donors (Lipinski definition) is 1. The van der Waals surface area contributed by atoms with E-state index in [0.29, 0.717) is 21.1 Å². The number of halogens is 2. The van der Waals surface area contributed by atoms with Crippen LogP contribution in [0.4, 0.5) is 5.69 Å². The smallest absolute Gasteiger partial charge is 0.374 e. The lowest BCUT2D eigenvalue weighted by atomic mass is 10.1. The Hall–Kier alpha value is -2.83. The summed E-state index contributed by atoms with van der Waals surface area (Å²) in [6.45, 7) is 1.27. The number of hydrogen-bond acceptors (Lipinski definition) is 5. The Labute approximate surface area is 163 Å². The Kier molecular flexibility index (Phi) is 5.48. The maximum Gasteiger partial charge on any atom is 0.374 e. The zero-order valence-electron chi connectivity index (χ0n) is 14.0. The molecule has 8 heteroatoms. The van der Waals surface area contributed by atoms with E-state index in [9.17, 15) is 14.4 Å². The second kappa shape index (κ2) is 7.82. The summed E-state index contributed by atoms with van der Waals surface area (Å²) in [5, 5.41) is 3.56. The van der Waals surface area contributed by atoms with E-state index in [0.717, 1.165) is 11.6 Å². The van der Waals surface area contributed by atoms with Crippen molar-refractivity contribution in [2.75, 3.05) is 11.9 Å². The molecule has 1 amide bonds. The number of esters is 1. The van der Waals surface area contributed by atoms with Crippen molar-refractivity contribution < 1.29 is 18.7 Å². The van der Waals surface area contributed by atoms with Crippen molar-refractivity contribution in [3.8, 4) is 0 Å². The monoisotopic (exact) mass is 405 g/mol. The Bertz CT molecular complexity index is 1090. The summed E-state index contributed by atoms with van der Waals surface area (Å²) in [7, 11) is 0. The first-order valence-electron chi connectivity index (χ1n) is 7.79. The van der Waals surface area contributed by atoms with Gasteiger partial charge in [0.15, 0.2) is 12.0 Å². The minimum atomic E-state index is -0.922. The average molecular weight is 406 g/mol. The zero-order chi connectivity index (χ0) is 19.6. The second-order valence-electron chi connectivity index (χ2n) is 5.76. The number of ether oxygens (including phenoxy) is 1. The number of fused-ring (bicyclic) bond motifs is 1. The van der Waals surface area contributed by atoms with Gasteiger partial charge in [0, 0.05) is 21.8 Å². The van der Waals surface area contributed by atoms with Gasteiger partial charge in [-0.05, 0) is 37.3 Å². The van der Waals surface area contributed by atoms with Crippen molar-refractivity contribution in [3.05, 3.63) is 74.1 Å². The molecule has 0 spiro atoms. The fourth-order valence-electron chi connectivity index (χ4n) is 2.40. The van der Waals surface area contributed by atoms with Crippen LogP contribution in [0.15, 0.2) is 51.7 Å². The Morgan fingerprint density at radius 2 is 1.78 bits per heavy atom. The Morgan fingerprint density at radius 3 is 2.48 bits per heavy atom. The van der Waals surface area contributed by atoms with Crippen LogP contribution >= 0.6 is 23.2 Å². The second-order valence-corrected chi connectivity index (χ2v) is 6.63. The van der Waals surface area contributed by atoms with Crippen LogP contribution in [0.1, 0.15) is 16.1 Å². The first-order chi connectivity index (χ1) is 12.8. The fraction of sp³-hybridized carbons (Fsp3) is 0.105. The van der Waals surface area contributed by atoms with Crippen molar-refractivity contribution in [3.63, 3.8) is 0 Å². The number of aryl methyl sites for hydroxylation is 1. The molecule has 0 aliphatic carbocycles. The Balaban J connectivity index is 1.68. The van der Waals surface area contributed by atoms with E-state index in [1.807, 2.05) is 6.92 Å². The number of carbonyl (C=O) groups is 2. The highest BCUT2D eigenvalue weighted by Gasteiger charge is 2.16. The van der Waals surface area contributed by atoms with E-state index in [2.05, 4.69) is 5.32 Å². The van der Waals surface area contributed by atoms with Crippen LogP contribution in [0.3, 0.4) is 0 Å². The van der Waals surface area contributed by atoms with Crippen LogP contribution in [0.5, 0.6) is 0 Å². The molecule has 6 nitrogen and oxygen atoms in total. The Morgan fingerprint density at radius 1 is 1.07 bits per heavy atom. The quantitative estimate of drug-likeness (QED) is 0.657. The van der Waals surface area contributed by atoms with Crippen molar-refractivity contribution in [2.24, 2.45) is 0 Å². The lowest BCUT2D eigenvalue weighted by Crippen LogP contribution is -2.21. The fourth-order valence-corrected chi connectivity index (χ4v) is 2.92. The molecule has 27 heavy (non-hydrogen) atoms. The predicted molar refractivity (Wildman–Crippen MR) is 103 cm³/mol. The highest BCUT2D eigenvalue weighted by atomic mass is 35.5. The van der Waals surface area contributed by atoms with Gasteiger partial charge in [0.1, 0.15) is 5.58 Å². The molecule has 0 bridgehead atoms. The lowest BCUT2D eigenvalue weighted by Gasteiger charge is -2.07. The molecule has 0 aliphatic heterocycles. The van der Waals surface area contributed by atoms with E-state index >= 15 is 0 Å². The standard InChI is InChI=1S/C19H13Cl2NO5/c1-10-2-3-16-14(4-10)15(23)8-17(27-16)19(25)26-9-18(24)22-13-6-11(20)5-12(21)7-13/h2-8H,9H2,1H3,(H,22,24). The topological polar surface area (TPSA) is 85.6 Å². The van der Waals surface area contributed by atoms with Gasteiger partial charge < -0.3 is 14.5 Å². The molecule has 138 valence electrons. The molecule has 3 aromatic rings. The molecule has 1 N–H and O–H groups in total. The van der Waals surface area contributed by atoms with Gasteiger partial charge in [0.2, 0.25) is 5.76 Å². The number of amides is 1. The van der Waals surface area contributed by atoms with E-state index in [4.69, 9.17) is 32.4 Å². The highest BCUT2D eigenvalue weighted by molar-refractivity contribution is 6.35. The first kappa shape index (κ1) is 18.9. The van der Waals surface area contributed by atoms with Gasteiger partial charge in [-0.3, -0.25) is 9.59 Å². The summed E-state index contributed by atoms with van der Waals surface area (Å²) in [5.74, 6) is -1.80. The van der Waals surface area contributed by atoms with Gasteiger partial charge in [-0.2, -0.15) is 0 Å². The number of benzene rings is 2. The molecule has 0 radical (unpaired) electrons. The van der Waals surface area contributed by atoms with Gasteiger partial charge in [0.05, 0.1) is 5.39 Å². The summed E-state index contributed by atoms with van der Waals surface area (Å²) in [6.07, 6.45) is 0. The SMILES string of the molecule is Cc1ccc2oc(C(=O)OCC(=O)Nc3cc(Cl)cc(Cl)c3)cc(=O)c2c1. The molecule has 2 aromatic carbocycles. The minimum Gasteiger partial charge on any atom is -0.450 e. The van der Waals surface area contributed by atoms with E-state index < -0.39 is 18.5 Å². The van der Waals surface area contributed by atoms with Gasteiger partial charge in [0.25, 0.3) is 5.91 Å². The maximum absolute atomic E-state index is 12.1. The predicted octanol–water partition coefficient (Wildman–Crippen LogP) is 4.20. The summed E-state index contributed by atoms with van der Waals surface area (Å²) in [4.78, 5) is 36.1. The zero-order valence-corrected chi connectivity index (χ0v) is 15.6. The number of rotatable bonds is 4. The van der Waals surface area contributed by atoms with Gasteiger partial charge in [-0.25, -0.2) is 4.79 Å². The molecule has 0 aliphatic rings. The van der Waals surface area contributed by atoms with Crippen LogP contribution < -0.4 is 10.7 Å². The minimum absolute atomic E-state index is 0.262. The van der Waals surface area contributed by atoms with Crippen molar-refractivity contribution in [2.45, 2.75) is 6.92 Å². The van der Waals surface area contributed by atoms with E-state index in [-0.39, 0.29) is 16.8 Å². The van der Waals surface area contributed by atoms with Crippen LogP contribution in [-0.2, 0) is 9.53 Å². The number of nitrogens with one attached hydrogen (secondary N) is 1. The third-order valence-corrected chi connectivity index (χ3v) is 4.00. The number of anilines is 1. The summed E-state index contributed by atoms with van der Waals surface area (Å²) >= 11 is 11.7. The van der Waals surface area contributed by atoms with Crippen molar-refractivity contribution >= 4 is 51.7 Å². The van der Waals surface area contributed by atoms with Gasteiger partial charge in [-0.15, -0.1) is 0 Å². The van der Waals surface area contributed by atoms with E-state index in [1.54, 1.807) is 18.2 Å². The molecule has 1 heterocycles. The molecule has 0 unspecified atom stereocenters. The molecular weight excluding hydrogens is 393 g/mol. The van der Waals surface area contributed by atoms with E-state index in [1.165, 1.54) is 18.2 Å². The lowest BCUT2D eigenvalue weighted by molar-refractivity contribution is -0.119. The molecule has 0 saturated carbocycles. The third-order valence-electron chi connectivity index (χ3n) is 3.56. The molecule has 0 fully saturated rings. The molecule has 0 atom stereocenters. The summed E-state index contributed by atoms with van der Waals surface area (Å²) < 4.78 is 10.3. The van der Waals surface area contributed by atoms with Crippen molar-refractivity contribution in [1.29, 1.82) is 0 Å². The highest BCUT2D eigenvalue weighted by Crippen LogP contribution is 2.22. The van der Waals surface area contributed by atoms with Crippen LogP contribution in [0.25, 0.3) is 11.0 Å². The normalized spacial score (nSPS) is 10.6. The largest absolute Gasteiger partial charge is 0.450 e. The summed E-state index contributed by atoms with van der Waals surface area (Å²) in [6, 6.07) is 10.6. The number of carbonyl (C=O) groups excluding carboxylic acids is 2. The van der Waals surface area contributed by atoms with Gasteiger partial charge >= 0.3 is 5.97 Å². The van der Waals surface area contributed by atoms with Gasteiger partial charge in [-0.1, -0.05) is 34.8 Å². The first-order valence-corrected chi connectivity index (χ1v) is 8.55. The summed E-state index contributed by atoms with van der Waals surface area (Å²) in [5.41, 5.74) is 1.15. The van der Waals surface area contributed by atoms with Crippen LogP contribution in [-0.4, -0.2) is 18.5 Å². The van der Waals surface area contributed by atoms with Crippen molar-refractivity contribution in [1.82, 2.24) is 0 Å².